The molecule has 1 saturated carbocycles. The van der Waals surface area contributed by atoms with E-state index in [1.54, 1.807) is 0 Å². The predicted molar refractivity (Wildman–Crippen MR) is 62.2 cm³/mol. The Labute approximate surface area is 96.4 Å². The van der Waals surface area contributed by atoms with Crippen LogP contribution in [0.3, 0.4) is 0 Å². The fourth-order valence-electron chi connectivity index (χ4n) is 2.94. The van der Waals surface area contributed by atoms with Gasteiger partial charge in [0.15, 0.2) is 0 Å². The van der Waals surface area contributed by atoms with E-state index < -0.39 is 0 Å². The van der Waals surface area contributed by atoms with Crippen molar-refractivity contribution in [3.05, 3.63) is 10.4 Å². The van der Waals surface area contributed by atoms with Crippen molar-refractivity contribution in [3.63, 3.8) is 0 Å². The highest BCUT2D eigenvalue weighted by Gasteiger charge is 2.31. The average Bonchev–Trinajstić information content (AvgIpc) is 2.52. The van der Waals surface area contributed by atoms with Gasteiger partial charge in [0, 0.05) is 30.6 Å². The standard InChI is InChI=1S/C11H20N4O/c12-14-13-5-6-15-7-8-16-9-10-3-1-2-4-11(10)15/h10-11H,1-9H2/t10-,11-/m1/s1. The van der Waals surface area contributed by atoms with Crippen molar-refractivity contribution in [3.8, 4) is 0 Å². The molecule has 0 unspecified atom stereocenters. The van der Waals surface area contributed by atoms with E-state index in [0.29, 0.717) is 18.5 Å². The lowest BCUT2D eigenvalue weighted by atomic mass is 9.84. The van der Waals surface area contributed by atoms with Crippen molar-refractivity contribution in [2.75, 3.05) is 32.8 Å². The van der Waals surface area contributed by atoms with Gasteiger partial charge in [-0.25, -0.2) is 0 Å². The molecule has 0 spiro atoms. The normalized spacial score (nSPS) is 31.2. The summed E-state index contributed by atoms with van der Waals surface area (Å²) >= 11 is 0. The predicted octanol–water partition coefficient (Wildman–Crippen LogP) is 2.19. The highest BCUT2D eigenvalue weighted by atomic mass is 16.5. The van der Waals surface area contributed by atoms with Crippen LogP contribution in [0.5, 0.6) is 0 Å². The third-order valence-corrected chi connectivity index (χ3v) is 3.74. The molecule has 90 valence electrons. The Morgan fingerprint density at radius 2 is 2.25 bits per heavy atom. The Morgan fingerprint density at radius 1 is 1.38 bits per heavy atom. The fraction of sp³-hybridized carbons (Fsp3) is 1.00. The maximum Gasteiger partial charge on any atom is 0.0593 e. The first-order chi connectivity index (χ1) is 7.92. The molecule has 1 aliphatic carbocycles. The summed E-state index contributed by atoms with van der Waals surface area (Å²) in [5.41, 5.74) is 8.30. The summed E-state index contributed by atoms with van der Waals surface area (Å²) in [6.07, 6.45) is 5.25. The van der Waals surface area contributed by atoms with E-state index in [1.807, 2.05) is 0 Å². The molecule has 2 rings (SSSR count). The molecule has 5 nitrogen and oxygen atoms in total. The van der Waals surface area contributed by atoms with Crippen LogP contribution < -0.4 is 0 Å². The van der Waals surface area contributed by atoms with Crippen molar-refractivity contribution in [1.82, 2.24) is 4.90 Å². The fourth-order valence-corrected chi connectivity index (χ4v) is 2.94. The van der Waals surface area contributed by atoms with Crippen molar-refractivity contribution in [2.24, 2.45) is 11.0 Å². The van der Waals surface area contributed by atoms with Gasteiger partial charge in [-0.3, -0.25) is 4.90 Å². The number of nitrogens with zero attached hydrogens (tertiary/aromatic N) is 4. The molecule has 5 heteroatoms. The van der Waals surface area contributed by atoms with Crippen molar-refractivity contribution >= 4 is 0 Å². The van der Waals surface area contributed by atoms with Gasteiger partial charge in [0.25, 0.3) is 0 Å². The van der Waals surface area contributed by atoms with Crippen LogP contribution in [-0.4, -0.2) is 43.8 Å². The molecule has 1 heterocycles. The first-order valence-electron chi connectivity index (χ1n) is 6.24. The maximum absolute atomic E-state index is 8.30. The van der Waals surface area contributed by atoms with Crippen molar-refractivity contribution in [2.45, 2.75) is 31.7 Å². The molecule has 0 aromatic carbocycles. The molecule has 16 heavy (non-hydrogen) atoms. The minimum Gasteiger partial charge on any atom is -0.380 e. The smallest absolute Gasteiger partial charge is 0.0593 e. The Kier molecular flexibility index (Phi) is 4.45. The summed E-state index contributed by atoms with van der Waals surface area (Å²) in [6, 6.07) is 0.658. The molecule has 1 saturated heterocycles. The highest BCUT2D eigenvalue weighted by molar-refractivity contribution is 4.85. The molecule has 0 bridgehead atoms. The summed E-state index contributed by atoms with van der Waals surface area (Å²) < 4.78 is 5.66. The average molecular weight is 224 g/mol. The SMILES string of the molecule is [N-]=[N+]=NCCN1CCOC[C@H]2CCCC[C@H]21. The van der Waals surface area contributed by atoms with Gasteiger partial charge in [-0.05, 0) is 24.3 Å². The van der Waals surface area contributed by atoms with Crippen LogP contribution in [0.2, 0.25) is 0 Å². The molecule has 1 aliphatic heterocycles. The van der Waals surface area contributed by atoms with Crippen LogP contribution in [-0.2, 0) is 4.74 Å². The molecule has 0 N–H and O–H groups in total. The molecule has 0 radical (unpaired) electrons. The van der Waals surface area contributed by atoms with Crippen LogP contribution in [0.15, 0.2) is 5.11 Å². The van der Waals surface area contributed by atoms with Gasteiger partial charge in [0.05, 0.1) is 13.2 Å². The van der Waals surface area contributed by atoms with Gasteiger partial charge in [-0.2, -0.15) is 0 Å². The monoisotopic (exact) mass is 224 g/mol. The second-order valence-electron chi connectivity index (χ2n) is 4.68. The summed E-state index contributed by atoms with van der Waals surface area (Å²) in [5.74, 6) is 0.697. The molecule has 0 aromatic rings. The number of hydrogen-bond donors (Lipinski definition) is 0. The number of hydrogen-bond acceptors (Lipinski definition) is 3. The van der Waals surface area contributed by atoms with Crippen LogP contribution in [0.4, 0.5) is 0 Å². The van der Waals surface area contributed by atoms with E-state index in [2.05, 4.69) is 14.9 Å². The van der Waals surface area contributed by atoms with Gasteiger partial charge >= 0.3 is 0 Å². The van der Waals surface area contributed by atoms with Crippen LogP contribution in [0.25, 0.3) is 10.4 Å². The minimum atomic E-state index is 0.583. The number of azide groups is 1. The third kappa shape index (κ3) is 2.88. The van der Waals surface area contributed by atoms with Gasteiger partial charge in [0.1, 0.15) is 0 Å². The number of ether oxygens (including phenoxy) is 1. The zero-order valence-electron chi connectivity index (χ0n) is 9.72. The number of fused-ring (bicyclic) bond motifs is 1. The second-order valence-corrected chi connectivity index (χ2v) is 4.68. The molecular formula is C11H20N4O. The lowest BCUT2D eigenvalue weighted by molar-refractivity contribution is 0.0948. The maximum atomic E-state index is 8.30. The summed E-state index contributed by atoms with van der Waals surface area (Å²) in [7, 11) is 0. The largest absolute Gasteiger partial charge is 0.380 e. The minimum absolute atomic E-state index is 0.583. The van der Waals surface area contributed by atoms with Gasteiger partial charge < -0.3 is 4.74 Å². The third-order valence-electron chi connectivity index (χ3n) is 3.74. The van der Waals surface area contributed by atoms with Crippen LogP contribution in [0, 0.1) is 5.92 Å². The van der Waals surface area contributed by atoms with E-state index in [-0.39, 0.29) is 0 Å². The molecule has 0 aromatic heterocycles. The zero-order valence-corrected chi connectivity index (χ0v) is 9.72. The summed E-state index contributed by atoms with van der Waals surface area (Å²) in [4.78, 5) is 5.28. The number of rotatable bonds is 3. The lowest BCUT2D eigenvalue weighted by Gasteiger charge is -2.37. The Balaban J connectivity index is 1.94. The summed E-state index contributed by atoms with van der Waals surface area (Å²) in [6.45, 7) is 4.20. The lowest BCUT2D eigenvalue weighted by Crippen LogP contribution is -2.43. The molecule has 2 fully saturated rings. The van der Waals surface area contributed by atoms with Gasteiger partial charge in [-0.15, -0.1) is 0 Å². The second kappa shape index (κ2) is 6.09. The van der Waals surface area contributed by atoms with E-state index in [4.69, 9.17) is 10.3 Å². The highest BCUT2D eigenvalue weighted by Crippen LogP contribution is 2.30. The first-order valence-corrected chi connectivity index (χ1v) is 6.24. The quantitative estimate of drug-likeness (QED) is 0.419. The molecule has 2 aliphatic rings. The summed E-state index contributed by atoms with van der Waals surface area (Å²) in [5, 5.41) is 3.63. The first kappa shape index (κ1) is 11.7. The van der Waals surface area contributed by atoms with E-state index in [9.17, 15) is 0 Å². The van der Waals surface area contributed by atoms with Crippen molar-refractivity contribution in [1.29, 1.82) is 0 Å². The van der Waals surface area contributed by atoms with Crippen LogP contribution >= 0.6 is 0 Å². The van der Waals surface area contributed by atoms with Crippen molar-refractivity contribution < 1.29 is 4.74 Å². The van der Waals surface area contributed by atoms with Gasteiger partial charge in [0.2, 0.25) is 0 Å². The van der Waals surface area contributed by atoms with Crippen LogP contribution in [0.1, 0.15) is 25.7 Å². The van der Waals surface area contributed by atoms with Gasteiger partial charge in [-0.1, -0.05) is 18.0 Å². The van der Waals surface area contributed by atoms with E-state index >= 15 is 0 Å². The Morgan fingerprint density at radius 3 is 3.12 bits per heavy atom. The van der Waals surface area contributed by atoms with E-state index in [0.717, 1.165) is 26.3 Å². The molecular weight excluding hydrogens is 204 g/mol. The Bertz CT molecular complexity index is 265. The van der Waals surface area contributed by atoms with E-state index in [1.165, 1.54) is 25.7 Å². The zero-order chi connectivity index (χ0) is 11.2. The molecule has 2 atom stereocenters. The molecule has 0 amide bonds. The topological polar surface area (TPSA) is 61.2 Å². The Hall–Kier alpha value is -0.770.